The Hall–Kier alpha value is -2.66. The lowest BCUT2D eigenvalue weighted by Crippen LogP contribution is -2.41. The van der Waals surface area contributed by atoms with E-state index in [1.807, 2.05) is 52.0 Å². The zero-order valence-corrected chi connectivity index (χ0v) is 17.3. The second kappa shape index (κ2) is 8.15. The molecule has 5 nitrogen and oxygen atoms in total. The highest BCUT2D eigenvalue weighted by molar-refractivity contribution is 5.82. The van der Waals surface area contributed by atoms with E-state index in [9.17, 15) is 5.11 Å². The summed E-state index contributed by atoms with van der Waals surface area (Å²) in [6.45, 7) is 7.73. The number of allylic oxidation sites excluding steroid dienone is 1. The fourth-order valence-electron chi connectivity index (χ4n) is 3.53. The standard InChI is InChI=1S/C23H28O5/c1-7-15(4)21-20(12-24)27-22-16(8-13(2)10-18(22)25-5)17-9-14(3)11-19(26-6)23(17)28-21/h7-11,20-21,24H,12H2,1-6H3/b15-7+. The first-order valence-electron chi connectivity index (χ1n) is 9.38. The smallest absolute Gasteiger partial charge is 0.170 e. The molecule has 0 spiro atoms. The molecule has 150 valence electrons. The zero-order chi connectivity index (χ0) is 20.4. The van der Waals surface area contributed by atoms with Crippen molar-refractivity contribution in [2.45, 2.75) is 39.9 Å². The van der Waals surface area contributed by atoms with Crippen molar-refractivity contribution in [3.05, 3.63) is 47.0 Å². The lowest BCUT2D eigenvalue weighted by molar-refractivity contribution is 0.0289. The van der Waals surface area contributed by atoms with E-state index in [1.54, 1.807) is 14.2 Å². The Morgan fingerprint density at radius 1 is 0.964 bits per heavy atom. The van der Waals surface area contributed by atoms with Crippen LogP contribution < -0.4 is 18.9 Å². The van der Waals surface area contributed by atoms with Crippen LogP contribution in [0, 0.1) is 13.8 Å². The summed E-state index contributed by atoms with van der Waals surface area (Å²) in [6.07, 6.45) is 0.904. The summed E-state index contributed by atoms with van der Waals surface area (Å²) >= 11 is 0. The van der Waals surface area contributed by atoms with Crippen molar-refractivity contribution in [3.8, 4) is 34.1 Å². The van der Waals surface area contributed by atoms with Crippen LogP contribution in [0.5, 0.6) is 23.0 Å². The minimum atomic E-state index is -0.592. The number of aliphatic hydroxyl groups excluding tert-OH is 1. The van der Waals surface area contributed by atoms with Crippen molar-refractivity contribution in [2.24, 2.45) is 0 Å². The zero-order valence-electron chi connectivity index (χ0n) is 17.3. The monoisotopic (exact) mass is 384 g/mol. The minimum Gasteiger partial charge on any atom is -0.493 e. The molecule has 2 aromatic rings. The third kappa shape index (κ3) is 3.54. The van der Waals surface area contributed by atoms with Crippen LogP contribution in [-0.2, 0) is 0 Å². The third-order valence-electron chi connectivity index (χ3n) is 5.06. The van der Waals surface area contributed by atoms with Gasteiger partial charge in [0.1, 0.15) is 0 Å². The van der Waals surface area contributed by atoms with Crippen LogP contribution in [0.3, 0.4) is 0 Å². The van der Waals surface area contributed by atoms with Crippen molar-refractivity contribution in [1.82, 2.24) is 0 Å². The first-order valence-corrected chi connectivity index (χ1v) is 9.38. The summed E-state index contributed by atoms with van der Waals surface area (Å²) in [5.74, 6) is 2.50. The molecule has 2 unspecified atom stereocenters. The van der Waals surface area contributed by atoms with Gasteiger partial charge in [-0.05, 0) is 68.7 Å². The Labute approximate surface area is 166 Å². The van der Waals surface area contributed by atoms with Gasteiger partial charge in [0.15, 0.2) is 35.2 Å². The Balaban J connectivity index is 2.37. The van der Waals surface area contributed by atoms with Gasteiger partial charge in [-0.2, -0.15) is 0 Å². The molecule has 1 heterocycles. The molecule has 0 saturated carbocycles. The van der Waals surface area contributed by atoms with Gasteiger partial charge in [0.2, 0.25) is 0 Å². The third-order valence-corrected chi connectivity index (χ3v) is 5.06. The topological polar surface area (TPSA) is 57.2 Å². The predicted molar refractivity (Wildman–Crippen MR) is 110 cm³/mol. The average Bonchev–Trinajstić information content (AvgIpc) is 2.69. The molecular weight excluding hydrogens is 356 g/mol. The Bertz CT molecular complexity index is 900. The normalized spacial score (nSPS) is 18.8. The molecule has 5 heteroatoms. The number of aliphatic hydroxyl groups is 1. The van der Waals surface area contributed by atoms with Gasteiger partial charge < -0.3 is 24.1 Å². The number of hydrogen-bond acceptors (Lipinski definition) is 5. The lowest BCUT2D eigenvalue weighted by atomic mass is 9.96. The number of methoxy groups -OCH3 is 2. The second-order valence-electron chi connectivity index (χ2n) is 7.10. The van der Waals surface area contributed by atoms with Gasteiger partial charge in [-0.1, -0.05) is 6.08 Å². The van der Waals surface area contributed by atoms with Crippen LogP contribution in [0.2, 0.25) is 0 Å². The molecule has 3 rings (SSSR count). The molecule has 1 N–H and O–H groups in total. The Morgan fingerprint density at radius 3 is 1.89 bits per heavy atom. The molecule has 1 aliphatic heterocycles. The molecule has 2 aromatic carbocycles. The molecule has 0 fully saturated rings. The van der Waals surface area contributed by atoms with Crippen molar-refractivity contribution in [2.75, 3.05) is 20.8 Å². The minimum absolute atomic E-state index is 0.199. The second-order valence-corrected chi connectivity index (χ2v) is 7.10. The average molecular weight is 384 g/mol. The summed E-state index contributed by atoms with van der Waals surface area (Å²) in [5.41, 5.74) is 4.77. The van der Waals surface area contributed by atoms with Gasteiger partial charge in [0.25, 0.3) is 0 Å². The Kier molecular flexibility index (Phi) is 5.84. The number of ether oxygens (including phenoxy) is 4. The summed E-state index contributed by atoms with van der Waals surface area (Å²) in [4.78, 5) is 0. The highest BCUT2D eigenvalue weighted by atomic mass is 16.6. The molecular formula is C23H28O5. The van der Waals surface area contributed by atoms with Crippen LogP contribution in [0.15, 0.2) is 35.9 Å². The number of rotatable bonds is 4. The van der Waals surface area contributed by atoms with E-state index < -0.39 is 12.2 Å². The SMILES string of the molecule is C/C=C(\C)C1Oc2c(OC)cc(C)cc2-c2cc(C)cc(OC)c2OC1CO. The maximum atomic E-state index is 10.1. The molecule has 0 bridgehead atoms. The predicted octanol–water partition coefficient (Wildman–Crippen LogP) is 4.45. The van der Waals surface area contributed by atoms with Crippen molar-refractivity contribution in [1.29, 1.82) is 0 Å². The van der Waals surface area contributed by atoms with Gasteiger partial charge in [-0.25, -0.2) is 0 Å². The molecule has 28 heavy (non-hydrogen) atoms. The Morgan fingerprint density at radius 2 is 1.46 bits per heavy atom. The van der Waals surface area contributed by atoms with E-state index in [4.69, 9.17) is 18.9 Å². The fourth-order valence-corrected chi connectivity index (χ4v) is 3.53. The van der Waals surface area contributed by atoms with Crippen molar-refractivity contribution < 1.29 is 24.1 Å². The van der Waals surface area contributed by atoms with Crippen molar-refractivity contribution >= 4 is 0 Å². The maximum Gasteiger partial charge on any atom is 0.170 e. The molecule has 0 saturated heterocycles. The largest absolute Gasteiger partial charge is 0.493 e. The van der Waals surface area contributed by atoms with E-state index >= 15 is 0 Å². The first kappa shape index (κ1) is 20.1. The summed E-state index contributed by atoms with van der Waals surface area (Å²) in [6, 6.07) is 7.97. The maximum absolute atomic E-state index is 10.1. The molecule has 2 atom stereocenters. The van der Waals surface area contributed by atoms with Gasteiger partial charge in [-0.3, -0.25) is 0 Å². The van der Waals surface area contributed by atoms with Crippen LogP contribution in [0.25, 0.3) is 11.1 Å². The number of hydrogen-bond donors (Lipinski definition) is 1. The number of fused-ring (bicyclic) bond motifs is 3. The number of aryl methyl sites for hydroxylation is 2. The van der Waals surface area contributed by atoms with E-state index in [2.05, 4.69) is 6.07 Å². The van der Waals surface area contributed by atoms with E-state index in [0.29, 0.717) is 23.0 Å². The molecule has 0 aromatic heterocycles. The lowest BCUT2D eigenvalue weighted by Gasteiger charge is -2.33. The van der Waals surface area contributed by atoms with Gasteiger partial charge in [0.05, 0.1) is 20.8 Å². The highest BCUT2D eigenvalue weighted by Gasteiger charge is 2.33. The quantitative estimate of drug-likeness (QED) is 0.789. The molecule has 0 radical (unpaired) electrons. The van der Waals surface area contributed by atoms with Crippen LogP contribution in [0.4, 0.5) is 0 Å². The summed E-state index contributed by atoms with van der Waals surface area (Å²) in [5, 5.41) is 10.1. The first-order chi connectivity index (χ1) is 13.4. The summed E-state index contributed by atoms with van der Waals surface area (Å²) in [7, 11) is 3.25. The molecule has 0 aliphatic carbocycles. The van der Waals surface area contributed by atoms with Gasteiger partial charge in [0, 0.05) is 11.1 Å². The van der Waals surface area contributed by atoms with Crippen LogP contribution >= 0.6 is 0 Å². The van der Waals surface area contributed by atoms with E-state index in [-0.39, 0.29) is 6.61 Å². The molecule has 1 aliphatic rings. The van der Waals surface area contributed by atoms with Crippen LogP contribution in [0.1, 0.15) is 25.0 Å². The van der Waals surface area contributed by atoms with E-state index in [0.717, 1.165) is 27.8 Å². The van der Waals surface area contributed by atoms with Gasteiger partial charge in [-0.15, -0.1) is 0 Å². The van der Waals surface area contributed by atoms with E-state index in [1.165, 1.54) is 0 Å². The van der Waals surface area contributed by atoms with Gasteiger partial charge >= 0.3 is 0 Å². The summed E-state index contributed by atoms with van der Waals surface area (Å²) < 4.78 is 24.0. The number of benzene rings is 2. The molecule has 0 amide bonds. The highest BCUT2D eigenvalue weighted by Crippen LogP contribution is 2.49. The fraction of sp³-hybridized carbons (Fsp3) is 0.391. The van der Waals surface area contributed by atoms with Crippen LogP contribution in [-0.4, -0.2) is 38.1 Å². The van der Waals surface area contributed by atoms with Crippen molar-refractivity contribution in [3.63, 3.8) is 0 Å².